The summed E-state index contributed by atoms with van der Waals surface area (Å²) < 4.78 is 12.8. The highest BCUT2D eigenvalue weighted by molar-refractivity contribution is 5.94. The first kappa shape index (κ1) is 18.1. The van der Waals surface area contributed by atoms with Gasteiger partial charge in [-0.05, 0) is 62.1 Å². The zero-order chi connectivity index (χ0) is 19.5. The number of nitrogens with one attached hydrogen (secondary N) is 1. The fourth-order valence-corrected chi connectivity index (χ4v) is 3.32. The van der Waals surface area contributed by atoms with Crippen molar-refractivity contribution in [3.63, 3.8) is 0 Å². The number of amides is 1. The molecule has 144 valence electrons. The van der Waals surface area contributed by atoms with Crippen LogP contribution in [0.15, 0.2) is 67.0 Å². The fourth-order valence-electron chi connectivity index (χ4n) is 3.32. The Bertz CT molecular complexity index is 967. The Morgan fingerprint density at radius 3 is 2.64 bits per heavy atom. The minimum atomic E-state index is -0.0957. The number of aromatic nitrogens is 1. The summed E-state index contributed by atoms with van der Waals surface area (Å²) in [4.78, 5) is 14.8. The zero-order valence-corrected chi connectivity index (χ0v) is 16.0. The summed E-state index contributed by atoms with van der Waals surface area (Å²) in [6, 6.07) is 17.4. The summed E-state index contributed by atoms with van der Waals surface area (Å²) >= 11 is 0. The minimum Gasteiger partial charge on any atom is -0.454 e. The molecule has 0 radical (unpaired) electrons. The van der Waals surface area contributed by atoms with Crippen molar-refractivity contribution < 1.29 is 14.3 Å². The van der Waals surface area contributed by atoms with Crippen molar-refractivity contribution >= 4 is 5.91 Å². The van der Waals surface area contributed by atoms with Gasteiger partial charge in [0.1, 0.15) is 0 Å². The second-order valence-corrected chi connectivity index (χ2v) is 6.94. The van der Waals surface area contributed by atoms with Crippen LogP contribution in [-0.2, 0) is 0 Å². The number of benzene rings is 2. The summed E-state index contributed by atoms with van der Waals surface area (Å²) in [5, 5.41) is 3.06. The number of hydrogen-bond acceptors (Lipinski definition) is 4. The molecule has 0 fully saturated rings. The minimum absolute atomic E-state index is 0.0195. The van der Waals surface area contributed by atoms with E-state index >= 15 is 0 Å². The van der Waals surface area contributed by atoms with Gasteiger partial charge in [-0.15, -0.1) is 0 Å². The monoisotopic (exact) mass is 377 g/mol. The number of nitrogens with zero attached hydrogens (tertiary/aromatic N) is 2. The van der Waals surface area contributed by atoms with E-state index in [1.165, 1.54) is 0 Å². The van der Waals surface area contributed by atoms with Crippen LogP contribution in [0.25, 0.3) is 5.69 Å². The van der Waals surface area contributed by atoms with Gasteiger partial charge in [0, 0.05) is 30.2 Å². The van der Waals surface area contributed by atoms with Gasteiger partial charge in [-0.1, -0.05) is 12.1 Å². The molecule has 6 heteroatoms. The highest BCUT2D eigenvalue weighted by atomic mass is 16.7. The van der Waals surface area contributed by atoms with Crippen LogP contribution in [0.5, 0.6) is 11.5 Å². The lowest BCUT2D eigenvalue weighted by Crippen LogP contribution is -2.34. The van der Waals surface area contributed by atoms with Crippen LogP contribution < -0.4 is 14.8 Å². The topological polar surface area (TPSA) is 55.7 Å². The molecule has 1 aromatic heterocycles. The number of carbonyl (C=O) groups is 1. The van der Waals surface area contributed by atoms with E-state index in [2.05, 4.69) is 10.2 Å². The molecule has 4 rings (SSSR count). The molecule has 1 atom stereocenters. The number of likely N-dealkylation sites (N-methyl/N-ethyl adjacent to an activating group) is 1. The molecule has 2 heterocycles. The van der Waals surface area contributed by atoms with Crippen LogP contribution >= 0.6 is 0 Å². The van der Waals surface area contributed by atoms with Crippen LogP contribution in [0.3, 0.4) is 0 Å². The van der Waals surface area contributed by atoms with E-state index in [1.54, 1.807) is 0 Å². The molecule has 0 saturated carbocycles. The van der Waals surface area contributed by atoms with Gasteiger partial charge in [0.05, 0.1) is 6.04 Å². The maximum atomic E-state index is 12.7. The molecule has 1 aliphatic rings. The normalized spacial score (nSPS) is 13.5. The molecule has 0 saturated heterocycles. The van der Waals surface area contributed by atoms with Gasteiger partial charge in [0.2, 0.25) is 6.79 Å². The van der Waals surface area contributed by atoms with Crippen LogP contribution in [0.4, 0.5) is 0 Å². The highest BCUT2D eigenvalue weighted by Crippen LogP contribution is 2.34. The first-order chi connectivity index (χ1) is 13.6. The Balaban J connectivity index is 1.47. The molecule has 3 aromatic rings. The van der Waals surface area contributed by atoms with Crippen molar-refractivity contribution in [3.05, 3.63) is 78.1 Å². The van der Waals surface area contributed by atoms with Gasteiger partial charge in [-0.25, -0.2) is 0 Å². The van der Waals surface area contributed by atoms with Crippen molar-refractivity contribution in [2.45, 2.75) is 6.04 Å². The molecule has 2 aromatic carbocycles. The van der Waals surface area contributed by atoms with Gasteiger partial charge in [-0.2, -0.15) is 0 Å². The summed E-state index contributed by atoms with van der Waals surface area (Å²) in [5.41, 5.74) is 2.66. The number of rotatable bonds is 6. The summed E-state index contributed by atoms with van der Waals surface area (Å²) in [6.45, 7) is 0.735. The molecule has 0 spiro atoms. The van der Waals surface area contributed by atoms with Crippen LogP contribution in [0, 0.1) is 0 Å². The third-order valence-electron chi connectivity index (χ3n) is 4.87. The van der Waals surface area contributed by atoms with Gasteiger partial charge < -0.3 is 24.3 Å². The van der Waals surface area contributed by atoms with E-state index in [-0.39, 0.29) is 18.7 Å². The lowest BCUT2D eigenvalue weighted by Gasteiger charge is -2.25. The lowest BCUT2D eigenvalue weighted by atomic mass is 10.0. The van der Waals surface area contributed by atoms with E-state index in [4.69, 9.17) is 9.47 Å². The lowest BCUT2D eigenvalue weighted by molar-refractivity contribution is 0.0942. The Morgan fingerprint density at radius 2 is 1.86 bits per heavy atom. The Hall–Kier alpha value is -3.25. The number of ether oxygens (including phenoxy) is 2. The average molecular weight is 377 g/mol. The molecule has 1 amide bonds. The third-order valence-corrected chi connectivity index (χ3v) is 4.87. The zero-order valence-electron chi connectivity index (χ0n) is 16.0. The molecule has 1 aliphatic heterocycles. The predicted molar refractivity (Wildman–Crippen MR) is 107 cm³/mol. The average Bonchev–Trinajstić information content (AvgIpc) is 3.39. The third kappa shape index (κ3) is 3.73. The second-order valence-electron chi connectivity index (χ2n) is 6.94. The molecular weight excluding hydrogens is 354 g/mol. The predicted octanol–water partition coefficient (Wildman–Crippen LogP) is 3.24. The number of fused-ring (bicyclic) bond motifs is 1. The largest absolute Gasteiger partial charge is 0.454 e. The summed E-state index contributed by atoms with van der Waals surface area (Å²) in [5.74, 6) is 1.41. The molecule has 28 heavy (non-hydrogen) atoms. The SMILES string of the molecule is CN(C)C(CNC(=O)c1cccc(-n2cccc2)c1)c1ccc2c(c1)OCO2. The first-order valence-electron chi connectivity index (χ1n) is 9.19. The maximum Gasteiger partial charge on any atom is 0.251 e. The Morgan fingerprint density at radius 1 is 1.07 bits per heavy atom. The van der Waals surface area contributed by atoms with Crippen molar-refractivity contribution in [1.82, 2.24) is 14.8 Å². The van der Waals surface area contributed by atoms with Gasteiger partial charge in [-0.3, -0.25) is 4.79 Å². The van der Waals surface area contributed by atoms with E-state index in [1.807, 2.05) is 85.7 Å². The van der Waals surface area contributed by atoms with Gasteiger partial charge in [0.15, 0.2) is 11.5 Å². The standard InChI is InChI=1S/C22H23N3O3/c1-24(2)19(16-8-9-20-21(13-16)28-15-27-20)14-23-22(26)17-6-5-7-18(12-17)25-10-3-4-11-25/h3-13,19H,14-15H2,1-2H3,(H,23,26). The molecule has 0 aliphatic carbocycles. The Kier molecular flexibility index (Phi) is 5.04. The van der Waals surface area contributed by atoms with E-state index in [0.717, 1.165) is 22.7 Å². The Labute approximate surface area is 164 Å². The number of carbonyl (C=O) groups excluding carboxylic acids is 1. The number of hydrogen-bond donors (Lipinski definition) is 1. The summed E-state index contributed by atoms with van der Waals surface area (Å²) in [7, 11) is 3.99. The van der Waals surface area contributed by atoms with Crippen molar-refractivity contribution in [3.8, 4) is 17.2 Å². The molecule has 0 bridgehead atoms. The van der Waals surface area contributed by atoms with Gasteiger partial charge in [0.25, 0.3) is 5.91 Å². The molecule has 1 unspecified atom stereocenters. The van der Waals surface area contributed by atoms with E-state index in [0.29, 0.717) is 12.1 Å². The van der Waals surface area contributed by atoms with Crippen molar-refractivity contribution in [2.24, 2.45) is 0 Å². The van der Waals surface area contributed by atoms with Crippen molar-refractivity contribution in [2.75, 3.05) is 27.4 Å². The smallest absolute Gasteiger partial charge is 0.251 e. The molecule has 6 nitrogen and oxygen atoms in total. The quantitative estimate of drug-likeness (QED) is 0.717. The van der Waals surface area contributed by atoms with Crippen LogP contribution in [0.1, 0.15) is 22.0 Å². The van der Waals surface area contributed by atoms with Crippen molar-refractivity contribution in [1.29, 1.82) is 0 Å². The first-order valence-corrected chi connectivity index (χ1v) is 9.19. The molecule has 1 N–H and O–H groups in total. The van der Waals surface area contributed by atoms with Crippen LogP contribution in [0.2, 0.25) is 0 Å². The second kappa shape index (κ2) is 7.78. The summed E-state index contributed by atoms with van der Waals surface area (Å²) in [6.07, 6.45) is 3.91. The van der Waals surface area contributed by atoms with E-state index in [9.17, 15) is 4.79 Å². The van der Waals surface area contributed by atoms with Gasteiger partial charge >= 0.3 is 0 Å². The molecular formula is C22H23N3O3. The maximum absolute atomic E-state index is 12.7. The fraction of sp³-hybridized carbons (Fsp3) is 0.227. The van der Waals surface area contributed by atoms with Crippen LogP contribution in [-0.4, -0.2) is 42.8 Å². The van der Waals surface area contributed by atoms with E-state index < -0.39 is 0 Å². The highest BCUT2D eigenvalue weighted by Gasteiger charge is 2.20.